The van der Waals surface area contributed by atoms with Gasteiger partial charge in [-0.25, -0.2) is 4.39 Å². The van der Waals surface area contributed by atoms with E-state index in [2.05, 4.69) is 4.90 Å². The summed E-state index contributed by atoms with van der Waals surface area (Å²) in [5.74, 6) is -0.374. The highest BCUT2D eigenvalue weighted by molar-refractivity contribution is 5.57. The van der Waals surface area contributed by atoms with Crippen molar-refractivity contribution in [3.8, 4) is 0 Å². The van der Waals surface area contributed by atoms with Crippen molar-refractivity contribution < 1.29 is 14.3 Å². The molecule has 0 saturated carbocycles. The molecule has 18 heavy (non-hydrogen) atoms. The van der Waals surface area contributed by atoms with E-state index in [1.807, 2.05) is 13.0 Å². The van der Waals surface area contributed by atoms with E-state index in [-0.39, 0.29) is 24.5 Å². The van der Waals surface area contributed by atoms with Gasteiger partial charge in [0.25, 0.3) is 0 Å². The fourth-order valence-corrected chi connectivity index (χ4v) is 2.61. The van der Waals surface area contributed by atoms with E-state index < -0.39 is 0 Å². The largest absolute Gasteiger partial charge is 0.392 e. The topological polar surface area (TPSA) is 40.5 Å². The van der Waals surface area contributed by atoms with Crippen molar-refractivity contribution in [2.45, 2.75) is 38.5 Å². The highest BCUT2D eigenvalue weighted by Crippen LogP contribution is 2.33. The maximum absolute atomic E-state index is 13.7. The van der Waals surface area contributed by atoms with Gasteiger partial charge in [-0.1, -0.05) is 12.1 Å². The monoisotopic (exact) mass is 251 g/mol. The molecule has 1 aromatic carbocycles. The van der Waals surface area contributed by atoms with Gasteiger partial charge in [-0.05, 0) is 37.9 Å². The zero-order valence-corrected chi connectivity index (χ0v) is 10.5. The van der Waals surface area contributed by atoms with Crippen molar-refractivity contribution in [3.05, 3.63) is 35.1 Å². The van der Waals surface area contributed by atoms with Gasteiger partial charge in [-0.15, -0.1) is 0 Å². The van der Waals surface area contributed by atoms with Gasteiger partial charge in [-0.3, -0.25) is 4.90 Å². The third-order valence-corrected chi connectivity index (χ3v) is 3.65. The van der Waals surface area contributed by atoms with Crippen LogP contribution in [0.3, 0.4) is 0 Å². The van der Waals surface area contributed by atoms with Crippen LogP contribution in [0, 0.1) is 5.82 Å². The first-order valence-electron chi connectivity index (χ1n) is 6.27. The van der Waals surface area contributed by atoms with Gasteiger partial charge in [0.2, 0.25) is 0 Å². The van der Waals surface area contributed by atoms with E-state index in [1.54, 1.807) is 6.07 Å². The smallest absolute Gasteiger partial charge is 0.136 e. The SMILES string of the molecule is CC(C=O)N1CCCC1c1ccc(CO)c(F)c1. The lowest BCUT2D eigenvalue weighted by molar-refractivity contribution is -0.112. The molecule has 0 bridgehead atoms. The molecule has 1 aromatic rings. The molecule has 4 heteroatoms. The molecule has 1 heterocycles. The van der Waals surface area contributed by atoms with Gasteiger partial charge in [-0.2, -0.15) is 0 Å². The van der Waals surface area contributed by atoms with E-state index in [9.17, 15) is 9.18 Å². The fraction of sp³-hybridized carbons (Fsp3) is 0.500. The molecule has 0 aromatic heterocycles. The van der Waals surface area contributed by atoms with Gasteiger partial charge < -0.3 is 9.90 Å². The van der Waals surface area contributed by atoms with Crippen LogP contribution in [-0.2, 0) is 11.4 Å². The van der Waals surface area contributed by atoms with Gasteiger partial charge in [0.05, 0.1) is 12.6 Å². The third kappa shape index (κ3) is 2.44. The molecule has 2 atom stereocenters. The average Bonchev–Trinajstić information content (AvgIpc) is 2.86. The Hall–Kier alpha value is -1.26. The molecule has 0 amide bonds. The molecule has 0 radical (unpaired) electrons. The molecule has 0 spiro atoms. The van der Waals surface area contributed by atoms with Crippen molar-refractivity contribution in [2.75, 3.05) is 6.54 Å². The summed E-state index contributed by atoms with van der Waals surface area (Å²) in [6, 6.07) is 4.90. The predicted octanol–water partition coefficient (Wildman–Crippen LogP) is 2.04. The zero-order valence-electron chi connectivity index (χ0n) is 10.5. The number of aldehydes is 1. The van der Waals surface area contributed by atoms with Crippen LogP contribution in [0.1, 0.15) is 36.9 Å². The second-order valence-corrected chi connectivity index (χ2v) is 4.78. The van der Waals surface area contributed by atoms with Crippen molar-refractivity contribution in [2.24, 2.45) is 0 Å². The molecule has 2 rings (SSSR count). The van der Waals surface area contributed by atoms with Gasteiger partial charge in [0, 0.05) is 11.6 Å². The van der Waals surface area contributed by atoms with Crippen LogP contribution < -0.4 is 0 Å². The molecule has 98 valence electrons. The lowest BCUT2D eigenvalue weighted by Crippen LogP contribution is -2.33. The summed E-state index contributed by atoms with van der Waals surface area (Å²) in [6.07, 6.45) is 2.89. The summed E-state index contributed by atoms with van der Waals surface area (Å²) < 4.78 is 13.7. The number of aliphatic hydroxyl groups is 1. The molecule has 2 unspecified atom stereocenters. The summed E-state index contributed by atoms with van der Waals surface area (Å²) in [4.78, 5) is 13.0. The summed E-state index contributed by atoms with van der Waals surface area (Å²) in [5, 5.41) is 8.96. The third-order valence-electron chi connectivity index (χ3n) is 3.65. The van der Waals surface area contributed by atoms with E-state index in [4.69, 9.17) is 5.11 Å². The lowest BCUT2D eigenvalue weighted by Gasteiger charge is -2.27. The first-order valence-corrected chi connectivity index (χ1v) is 6.27. The predicted molar refractivity (Wildman–Crippen MR) is 66.5 cm³/mol. The van der Waals surface area contributed by atoms with Gasteiger partial charge >= 0.3 is 0 Å². The molecule has 3 nitrogen and oxygen atoms in total. The highest BCUT2D eigenvalue weighted by atomic mass is 19.1. The molecular formula is C14H18FNO2. The Morgan fingerprint density at radius 3 is 3.00 bits per heavy atom. The number of rotatable bonds is 4. The Morgan fingerprint density at radius 1 is 1.61 bits per heavy atom. The number of halogens is 1. The second kappa shape index (κ2) is 5.59. The second-order valence-electron chi connectivity index (χ2n) is 4.78. The standard InChI is InChI=1S/C14H18FNO2/c1-10(8-17)16-6-2-3-14(16)11-4-5-12(9-18)13(15)7-11/h4-5,7-8,10,14,18H,2-3,6,9H2,1H3. The maximum atomic E-state index is 13.7. The van der Waals surface area contributed by atoms with Crippen LogP contribution in [0.15, 0.2) is 18.2 Å². The van der Waals surface area contributed by atoms with Crippen LogP contribution in [0.5, 0.6) is 0 Å². The normalized spacial score (nSPS) is 22.1. The van der Waals surface area contributed by atoms with Crippen LogP contribution >= 0.6 is 0 Å². The van der Waals surface area contributed by atoms with Crippen molar-refractivity contribution in [1.29, 1.82) is 0 Å². The number of hydrogen-bond acceptors (Lipinski definition) is 3. The van der Waals surface area contributed by atoms with E-state index >= 15 is 0 Å². The van der Waals surface area contributed by atoms with E-state index in [1.165, 1.54) is 6.07 Å². The lowest BCUT2D eigenvalue weighted by atomic mass is 10.0. The quantitative estimate of drug-likeness (QED) is 0.832. The fourth-order valence-electron chi connectivity index (χ4n) is 2.61. The number of benzene rings is 1. The Balaban J connectivity index is 2.25. The van der Waals surface area contributed by atoms with Gasteiger partial charge in [0.1, 0.15) is 12.1 Å². The molecule has 1 N–H and O–H groups in total. The van der Waals surface area contributed by atoms with Crippen LogP contribution in [0.4, 0.5) is 4.39 Å². The van der Waals surface area contributed by atoms with Gasteiger partial charge in [0.15, 0.2) is 0 Å². The summed E-state index contributed by atoms with van der Waals surface area (Å²) >= 11 is 0. The molecule has 0 aliphatic carbocycles. The molecule has 1 aliphatic heterocycles. The Kier molecular flexibility index (Phi) is 4.09. The number of carbonyl (C=O) groups is 1. The molecule has 1 aliphatic rings. The zero-order chi connectivity index (χ0) is 13.1. The number of hydrogen-bond donors (Lipinski definition) is 1. The van der Waals surface area contributed by atoms with E-state index in [0.29, 0.717) is 5.56 Å². The van der Waals surface area contributed by atoms with E-state index in [0.717, 1.165) is 31.2 Å². The molecule has 1 saturated heterocycles. The summed E-state index contributed by atoms with van der Waals surface area (Å²) in [5.41, 5.74) is 1.20. The van der Waals surface area contributed by atoms with Crippen LogP contribution in [0.25, 0.3) is 0 Å². The summed E-state index contributed by atoms with van der Waals surface area (Å²) in [7, 11) is 0. The number of likely N-dealkylation sites (tertiary alicyclic amines) is 1. The minimum absolute atomic E-state index is 0.104. The Labute approximate surface area is 106 Å². The first-order chi connectivity index (χ1) is 8.67. The van der Waals surface area contributed by atoms with Crippen molar-refractivity contribution in [1.82, 2.24) is 4.90 Å². The van der Waals surface area contributed by atoms with Crippen LogP contribution in [-0.4, -0.2) is 28.9 Å². The number of aliphatic hydroxyl groups excluding tert-OH is 1. The average molecular weight is 251 g/mol. The number of carbonyl (C=O) groups excluding carboxylic acids is 1. The Morgan fingerprint density at radius 2 is 2.39 bits per heavy atom. The maximum Gasteiger partial charge on any atom is 0.136 e. The summed E-state index contributed by atoms with van der Waals surface area (Å²) in [6.45, 7) is 2.45. The van der Waals surface area contributed by atoms with Crippen LogP contribution in [0.2, 0.25) is 0 Å². The highest BCUT2D eigenvalue weighted by Gasteiger charge is 2.29. The first kappa shape index (κ1) is 13.2. The molecular weight excluding hydrogens is 233 g/mol. The van der Waals surface area contributed by atoms with Crippen molar-refractivity contribution >= 4 is 6.29 Å². The minimum atomic E-state index is -0.374. The van der Waals surface area contributed by atoms with Crippen molar-refractivity contribution in [3.63, 3.8) is 0 Å². The number of nitrogens with zero attached hydrogens (tertiary/aromatic N) is 1. The molecule has 1 fully saturated rings. The Bertz CT molecular complexity index is 436. The minimum Gasteiger partial charge on any atom is -0.392 e.